The van der Waals surface area contributed by atoms with Gasteiger partial charge >= 0.3 is 5.97 Å². The Bertz CT molecular complexity index is 888. The summed E-state index contributed by atoms with van der Waals surface area (Å²) in [4.78, 5) is 24.2. The maximum atomic E-state index is 12.4. The molecule has 5 heteroatoms. The molecule has 0 bridgehead atoms. The fourth-order valence-corrected chi connectivity index (χ4v) is 3.41. The number of carbonyl (C=O) groups is 2. The molecule has 0 aliphatic rings. The molecule has 4 nitrogen and oxygen atoms in total. The smallest absolute Gasteiger partial charge is 0.337 e. The van der Waals surface area contributed by atoms with Crippen molar-refractivity contribution in [3.05, 3.63) is 64.0 Å². The van der Waals surface area contributed by atoms with Gasteiger partial charge in [0.2, 0.25) is 0 Å². The summed E-state index contributed by atoms with van der Waals surface area (Å²) in [6.07, 6.45) is 0. The first-order chi connectivity index (χ1) is 11.0. The van der Waals surface area contributed by atoms with E-state index in [2.05, 4.69) is 17.4 Å². The molecular weight excluding hydrogens is 310 g/mol. The molecule has 1 aromatic heterocycles. The van der Waals surface area contributed by atoms with Gasteiger partial charge in [-0.1, -0.05) is 18.2 Å². The summed E-state index contributed by atoms with van der Waals surface area (Å²) in [5.41, 5.74) is 2.74. The molecule has 1 heterocycles. The van der Waals surface area contributed by atoms with Gasteiger partial charge in [0.05, 0.1) is 16.1 Å². The van der Waals surface area contributed by atoms with Crippen molar-refractivity contribution in [2.45, 2.75) is 13.8 Å². The van der Waals surface area contributed by atoms with E-state index in [1.165, 1.54) is 28.5 Å². The van der Waals surface area contributed by atoms with Gasteiger partial charge in [-0.05, 0) is 54.6 Å². The van der Waals surface area contributed by atoms with Crippen LogP contribution in [0.1, 0.15) is 31.2 Å². The van der Waals surface area contributed by atoms with Gasteiger partial charge in [-0.3, -0.25) is 4.79 Å². The highest BCUT2D eigenvalue weighted by Crippen LogP contribution is 2.29. The Morgan fingerprint density at radius 3 is 2.48 bits per heavy atom. The van der Waals surface area contributed by atoms with E-state index in [0.717, 1.165) is 10.1 Å². The zero-order valence-corrected chi connectivity index (χ0v) is 13.5. The van der Waals surface area contributed by atoms with Crippen LogP contribution in [-0.4, -0.2) is 17.0 Å². The van der Waals surface area contributed by atoms with Crippen molar-refractivity contribution in [1.29, 1.82) is 0 Å². The number of carboxylic acids is 1. The molecule has 2 aromatic carbocycles. The zero-order valence-electron chi connectivity index (χ0n) is 12.7. The number of anilines is 1. The molecule has 0 aliphatic heterocycles. The molecule has 0 unspecified atom stereocenters. The van der Waals surface area contributed by atoms with E-state index in [0.29, 0.717) is 10.6 Å². The van der Waals surface area contributed by atoms with Gasteiger partial charge in [-0.2, -0.15) is 0 Å². The largest absolute Gasteiger partial charge is 0.478 e. The van der Waals surface area contributed by atoms with Gasteiger partial charge in [0, 0.05) is 4.70 Å². The SMILES string of the molecule is Cc1cc2cc(C(=O)Nc3ccccc3C(=O)O)sc2cc1C. The number of thiophene rings is 1. The van der Waals surface area contributed by atoms with E-state index in [-0.39, 0.29) is 11.5 Å². The van der Waals surface area contributed by atoms with E-state index in [4.69, 9.17) is 0 Å². The molecule has 3 aromatic rings. The average molecular weight is 325 g/mol. The number of aryl methyl sites for hydroxylation is 2. The Labute approximate surface area is 137 Å². The number of rotatable bonds is 3. The number of amides is 1. The standard InChI is InChI=1S/C18H15NO3S/c1-10-7-12-9-16(23-15(12)8-11(10)2)17(20)19-14-6-4-3-5-13(14)18(21)22/h3-9H,1-2H3,(H,19,20)(H,21,22). The third kappa shape index (κ3) is 2.96. The highest BCUT2D eigenvalue weighted by atomic mass is 32.1. The van der Waals surface area contributed by atoms with E-state index in [9.17, 15) is 14.7 Å². The Hall–Kier alpha value is -2.66. The predicted molar refractivity (Wildman–Crippen MR) is 92.7 cm³/mol. The molecule has 0 saturated carbocycles. The molecule has 0 radical (unpaired) electrons. The average Bonchev–Trinajstić information content (AvgIpc) is 2.91. The lowest BCUT2D eigenvalue weighted by molar-refractivity contribution is 0.0698. The second kappa shape index (κ2) is 5.85. The van der Waals surface area contributed by atoms with Gasteiger partial charge in [0.25, 0.3) is 5.91 Å². The molecular formula is C18H15NO3S. The van der Waals surface area contributed by atoms with Crippen molar-refractivity contribution < 1.29 is 14.7 Å². The van der Waals surface area contributed by atoms with Gasteiger partial charge in [0.1, 0.15) is 0 Å². The number of para-hydroxylation sites is 1. The molecule has 0 spiro atoms. The van der Waals surface area contributed by atoms with E-state index in [1.807, 2.05) is 19.9 Å². The van der Waals surface area contributed by atoms with Crippen molar-refractivity contribution in [2.24, 2.45) is 0 Å². The van der Waals surface area contributed by atoms with E-state index in [1.54, 1.807) is 18.2 Å². The highest BCUT2D eigenvalue weighted by molar-refractivity contribution is 7.20. The number of carbonyl (C=O) groups excluding carboxylic acids is 1. The van der Waals surface area contributed by atoms with Crippen LogP contribution in [0, 0.1) is 13.8 Å². The summed E-state index contributed by atoms with van der Waals surface area (Å²) in [5.74, 6) is -1.36. The molecule has 116 valence electrons. The quantitative estimate of drug-likeness (QED) is 0.746. The van der Waals surface area contributed by atoms with Crippen LogP contribution in [0.2, 0.25) is 0 Å². The first-order valence-electron chi connectivity index (χ1n) is 7.10. The van der Waals surface area contributed by atoms with Gasteiger partial charge < -0.3 is 10.4 Å². The van der Waals surface area contributed by atoms with Crippen LogP contribution in [0.15, 0.2) is 42.5 Å². The number of hydrogen-bond acceptors (Lipinski definition) is 3. The van der Waals surface area contributed by atoms with E-state index >= 15 is 0 Å². The number of carboxylic acid groups (broad SMARTS) is 1. The zero-order chi connectivity index (χ0) is 16.6. The molecule has 2 N–H and O–H groups in total. The molecule has 3 rings (SSSR count). The Balaban J connectivity index is 1.94. The molecule has 1 amide bonds. The summed E-state index contributed by atoms with van der Waals surface area (Å²) in [6.45, 7) is 4.08. The van der Waals surface area contributed by atoms with Crippen molar-refractivity contribution >= 4 is 39.0 Å². The van der Waals surface area contributed by atoms with Gasteiger partial charge in [-0.25, -0.2) is 4.79 Å². The van der Waals surface area contributed by atoms with Crippen molar-refractivity contribution in [1.82, 2.24) is 0 Å². The molecule has 0 aliphatic carbocycles. The monoisotopic (exact) mass is 325 g/mol. The summed E-state index contributed by atoms with van der Waals surface area (Å²) >= 11 is 1.40. The number of aromatic carboxylic acids is 1. The molecule has 0 saturated heterocycles. The van der Waals surface area contributed by atoms with Crippen molar-refractivity contribution in [3.8, 4) is 0 Å². The normalized spacial score (nSPS) is 10.7. The minimum atomic E-state index is -1.07. The van der Waals surface area contributed by atoms with Crippen molar-refractivity contribution in [2.75, 3.05) is 5.32 Å². The van der Waals surface area contributed by atoms with Crippen LogP contribution >= 0.6 is 11.3 Å². The van der Waals surface area contributed by atoms with Crippen LogP contribution in [0.3, 0.4) is 0 Å². The lowest BCUT2D eigenvalue weighted by atomic mass is 10.1. The summed E-state index contributed by atoms with van der Waals surface area (Å²) in [5, 5.41) is 12.9. The van der Waals surface area contributed by atoms with E-state index < -0.39 is 5.97 Å². The van der Waals surface area contributed by atoms with Gasteiger partial charge in [-0.15, -0.1) is 11.3 Å². The Kier molecular flexibility index (Phi) is 3.88. The minimum Gasteiger partial charge on any atom is -0.478 e. The van der Waals surface area contributed by atoms with Crippen LogP contribution in [0.25, 0.3) is 10.1 Å². The molecule has 0 fully saturated rings. The number of benzene rings is 2. The molecule has 23 heavy (non-hydrogen) atoms. The Morgan fingerprint density at radius 2 is 1.74 bits per heavy atom. The van der Waals surface area contributed by atoms with Crippen molar-refractivity contribution in [3.63, 3.8) is 0 Å². The second-order valence-electron chi connectivity index (χ2n) is 5.39. The summed E-state index contributed by atoms with van der Waals surface area (Å²) in [6, 6.07) is 12.3. The lowest BCUT2D eigenvalue weighted by Gasteiger charge is -2.06. The first-order valence-corrected chi connectivity index (χ1v) is 7.92. The van der Waals surface area contributed by atoms with Crippen LogP contribution in [0.5, 0.6) is 0 Å². The number of fused-ring (bicyclic) bond motifs is 1. The maximum Gasteiger partial charge on any atom is 0.337 e. The fourth-order valence-electron chi connectivity index (χ4n) is 2.38. The molecule has 0 atom stereocenters. The number of hydrogen-bond donors (Lipinski definition) is 2. The minimum absolute atomic E-state index is 0.0775. The maximum absolute atomic E-state index is 12.4. The number of nitrogens with one attached hydrogen (secondary N) is 1. The second-order valence-corrected chi connectivity index (χ2v) is 6.47. The Morgan fingerprint density at radius 1 is 1.04 bits per heavy atom. The van der Waals surface area contributed by atoms with Crippen LogP contribution in [-0.2, 0) is 0 Å². The predicted octanol–water partition coefficient (Wildman–Crippen LogP) is 4.47. The van der Waals surface area contributed by atoms with Crippen LogP contribution in [0.4, 0.5) is 5.69 Å². The first kappa shape index (κ1) is 15.2. The summed E-state index contributed by atoms with van der Waals surface area (Å²) in [7, 11) is 0. The summed E-state index contributed by atoms with van der Waals surface area (Å²) < 4.78 is 1.05. The third-order valence-corrected chi connectivity index (χ3v) is 4.86. The highest BCUT2D eigenvalue weighted by Gasteiger charge is 2.15. The van der Waals surface area contributed by atoms with Crippen LogP contribution < -0.4 is 5.32 Å². The van der Waals surface area contributed by atoms with Gasteiger partial charge in [0.15, 0.2) is 0 Å². The lowest BCUT2D eigenvalue weighted by Crippen LogP contribution is -2.13. The topological polar surface area (TPSA) is 66.4 Å². The third-order valence-electron chi connectivity index (χ3n) is 3.76. The fraction of sp³-hybridized carbons (Fsp3) is 0.111.